The van der Waals surface area contributed by atoms with Gasteiger partial charge in [0, 0.05) is 23.8 Å². The summed E-state index contributed by atoms with van der Waals surface area (Å²) in [5, 5.41) is 23.5. The van der Waals surface area contributed by atoms with Gasteiger partial charge in [0.25, 0.3) is 0 Å². The van der Waals surface area contributed by atoms with E-state index in [1.165, 1.54) is 11.3 Å². The van der Waals surface area contributed by atoms with Crippen LogP contribution in [0.4, 0.5) is 9.93 Å². The highest BCUT2D eigenvalue weighted by Crippen LogP contribution is 2.27. The molecule has 2 rings (SSSR count). The standard InChI is InChI=1S/C13H19N3O4S/c1-13(2,3)9-6-21-11(14-9)15-12(20)16-5-7(17)4-8(16)10(18)19/h6-8,17H,4-5H2,1-3H3,(H,18,19)(H,14,15,20)/t7-,8+/m1/s1. The van der Waals surface area contributed by atoms with Crippen LogP contribution in [0.5, 0.6) is 0 Å². The molecule has 1 aromatic rings. The Kier molecular flexibility index (Phi) is 4.20. The summed E-state index contributed by atoms with van der Waals surface area (Å²) in [7, 11) is 0. The molecule has 1 aromatic heterocycles. The molecular weight excluding hydrogens is 294 g/mol. The van der Waals surface area contributed by atoms with Gasteiger partial charge in [0.2, 0.25) is 0 Å². The van der Waals surface area contributed by atoms with Crippen molar-refractivity contribution < 1.29 is 19.8 Å². The minimum atomic E-state index is -1.11. The number of urea groups is 1. The Morgan fingerprint density at radius 1 is 1.48 bits per heavy atom. The van der Waals surface area contributed by atoms with Crippen molar-refractivity contribution >= 4 is 28.5 Å². The maximum absolute atomic E-state index is 12.1. The van der Waals surface area contributed by atoms with E-state index in [0.29, 0.717) is 5.13 Å². The number of β-amino-alcohol motifs (C(OH)–C–C–N with tert-alkyl or cyclic N) is 1. The number of carboxylic acid groups (broad SMARTS) is 1. The molecule has 8 heteroatoms. The molecule has 0 bridgehead atoms. The minimum absolute atomic E-state index is 0.0142. The molecule has 0 aliphatic carbocycles. The predicted octanol–water partition coefficient (Wildman–Crippen LogP) is 1.49. The molecule has 0 radical (unpaired) electrons. The van der Waals surface area contributed by atoms with E-state index < -0.39 is 24.1 Å². The van der Waals surface area contributed by atoms with Crippen molar-refractivity contribution in [2.24, 2.45) is 0 Å². The van der Waals surface area contributed by atoms with Crippen molar-refractivity contribution in [3.8, 4) is 0 Å². The van der Waals surface area contributed by atoms with Crippen LogP contribution < -0.4 is 5.32 Å². The summed E-state index contributed by atoms with van der Waals surface area (Å²) in [5.74, 6) is -1.11. The van der Waals surface area contributed by atoms with Gasteiger partial charge >= 0.3 is 12.0 Å². The second kappa shape index (κ2) is 5.61. The maximum Gasteiger partial charge on any atom is 0.326 e. The lowest BCUT2D eigenvalue weighted by Crippen LogP contribution is -2.43. The Balaban J connectivity index is 2.07. The highest BCUT2D eigenvalue weighted by Gasteiger charge is 2.39. The number of nitrogens with one attached hydrogen (secondary N) is 1. The van der Waals surface area contributed by atoms with Crippen LogP contribution >= 0.6 is 11.3 Å². The van der Waals surface area contributed by atoms with Crippen LogP contribution in [0.1, 0.15) is 32.9 Å². The van der Waals surface area contributed by atoms with Gasteiger partial charge in [-0.05, 0) is 0 Å². The fraction of sp³-hybridized carbons (Fsp3) is 0.615. The van der Waals surface area contributed by atoms with Crippen molar-refractivity contribution in [2.75, 3.05) is 11.9 Å². The average Bonchev–Trinajstić information content (AvgIpc) is 2.94. The number of carbonyl (C=O) groups excluding carboxylic acids is 1. The van der Waals surface area contributed by atoms with E-state index in [-0.39, 0.29) is 18.4 Å². The zero-order valence-corrected chi connectivity index (χ0v) is 13.0. The lowest BCUT2D eigenvalue weighted by Gasteiger charge is -2.20. The van der Waals surface area contributed by atoms with Gasteiger partial charge in [-0.15, -0.1) is 11.3 Å². The predicted molar refractivity (Wildman–Crippen MR) is 78.6 cm³/mol. The first-order valence-corrected chi connectivity index (χ1v) is 7.51. The fourth-order valence-electron chi connectivity index (χ4n) is 2.11. The van der Waals surface area contributed by atoms with Gasteiger partial charge in [-0.2, -0.15) is 0 Å². The molecule has 0 saturated carbocycles. The van der Waals surface area contributed by atoms with E-state index in [1.807, 2.05) is 26.2 Å². The number of likely N-dealkylation sites (tertiary alicyclic amines) is 1. The van der Waals surface area contributed by atoms with Crippen LogP contribution in [-0.4, -0.2) is 50.8 Å². The number of carboxylic acids is 1. The Labute approximate surface area is 126 Å². The monoisotopic (exact) mass is 313 g/mol. The third-order valence-corrected chi connectivity index (χ3v) is 4.07. The van der Waals surface area contributed by atoms with Crippen LogP contribution in [0.15, 0.2) is 5.38 Å². The Bertz CT molecular complexity index is 552. The van der Waals surface area contributed by atoms with E-state index in [0.717, 1.165) is 10.6 Å². The first kappa shape index (κ1) is 15.7. The Hall–Kier alpha value is -1.67. The van der Waals surface area contributed by atoms with E-state index in [9.17, 15) is 14.7 Å². The number of carbonyl (C=O) groups is 2. The fourth-order valence-corrected chi connectivity index (χ4v) is 3.04. The van der Waals surface area contributed by atoms with Gasteiger partial charge in [-0.25, -0.2) is 14.6 Å². The molecule has 1 saturated heterocycles. The summed E-state index contributed by atoms with van der Waals surface area (Å²) in [6, 6.07) is -1.55. The quantitative estimate of drug-likeness (QED) is 0.767. The molecule has 0 aromatic carbocycles. The van der Waals surface area contributed by atoms with Gasteiger partial charge in [0.05, 0.1) is 11.8 Å². The molecule has 0 unspecified atom stereocenters. The Morgan fingerprint density at radius 2 is 2.14 bits per heavy atom. The van der Waals surface area contributed by atoms with Crippen molar-refractivity contribution in [3.63, 3.8) is 0 Å². The lowest BCUT2D eigenvalue weighted by atomic mass is 9.93. The van der Waals surface area contributed by atoms with E-state index in [4.69, 9.17) is 5.11 Å². The Morgan fingerprint density at radius 3 is 2.67 bits per heavy atom. The molecule has 2 amide bonds. The SMILES string of the molecule is CC(C)(C)c1csc(NC(=O)N2C[C@H](O)C[C@H]2C(=O)O)n1. The number of rotatable bonds is 2. The summed E-state index contributed by atoms with van der Waals surface area (Å²) in [5.41, 5.74) is 0.742. The summed E-state index contributed by atoms with van der Waals surface area (Å²) < 4.78 is 0. The number of aliphatic hydroxyl groups is 1. The summed E-state index contributed by atoms with van der Waals surface area (Å²) in [6.45, 7) is 6.07. The van der Waals surface area contributed by atoms with Crippen molar-refractivity contribution in [1.82, 2.24) is 9.88 Å². The summed E-state index contributed by atoms with van der Waals surface area (Å²) >= 11 is 1.29. The molecule has 3 N–H and O–H groups in total. The average molecular weight is 313 g/mol. The van der Waals surface area contributed by atoms with Crippen LogP contribution in [0.3, 0.4) is 0 Å². The molecule has 116 valence electrons. The third kappa shape index (κ3) is 3.51. The second-order valence-corrected chi connectivity index (χ2v) is 6.97. The molecule has 1 aliphatic heterocycles. The number of thiazole rings is 1. The molecular formula is C13H19N3O4S. The highest BCUT2D eigenvalue weighted by molar-refractivity contribution is 7.13. The summed E-state index contributed by atoms with van der Waals surface area (Å²) in [4.78, 5) is 28.7. The first-order chi connectivity index (χ1) is 9.68. The second-order valence-electron chi connectivity index (χ2n) is 6.11. The van der Waals surface area contributed by atoms with Gasteiger partial charge < -0.3 is 15.1 Å². The number of aliphatic carboxylic acids is 1. The molecule has 2 heterocycles. The van der Waals surface area contributed by atoms with Crippen LogP contribution in [0.2, 0.25) is 0 Å². The zero-order valence-electron chi connectivity index (χ0n) is 12.2. The minimum Gasteiger partial charge on any atom is -0.480 e. The number of anilines is 1. The highest BCUT2D eigenvalue weighted by atomic mass is 32.1. The smallest absolute Gasteiger partial charge is 0.326 e. The van der Waals surface area contributed by atoms with Crippen LogP contribution in [0.25, 0.3) is 0 Å². The van der Waals surface area contributed by atoms with E-state index >= 15 is 0 Å². The van der Waals surface area contributed by atoms with Crippen molar-refractivity contribution in [3.05, 3.63) is 11.1 Å². The van der Waals surface area contributed by atoms with Gasteiger partial charge in [0.1, 0.15) is 6.04 Å². The normalized spacial score (nSPS) is 22.4. The number of hydrogen-bond acceptors (Lipinski definition) is 5. The molecule has 0 spiro atoms. The van der Waals surface area contributed by atoms with Gasteiger partial charge in [0.15, 0.2) is 5.13 Å². The third-order valence-electron chi connectivity index (χ3n) is 3.31. The number of aliphatic hydroxyl groups excluding tert-OH is 1. The molecule has 21 heavy (non-hydrogen) atoms. The zero-order chi connectivity index (χ0) is 15.8. The number of aromatic nitrogens is 1. The number of hydrogen-bond donors (Lipinski definition) is 3. The molecule has 1 fully saturated rings. The lowest BCUT2D eigenvalue weighted by molar-refractivity contribution is -0.141. The molecule has 1 aliphatic rings. The largest absolute Gasteiger partial charge is 0.480 e. The molecule has 2 atom stereocenters. The van der Waals surface area contributed by atoms with Crippen LogP contribution in [0, 0.1) is 0 Å². The van der Waals surface area contributed by atoms with Crippen LogP contribution in [-0.2, 0) is 10.2 Å². The molecule has 7 nitrogen and oxygen atoms in total. The van der Waals surface area contributed by atoms with Gasteiger partial charge in [-0.1, -0.05) is 20.8 Å². The topological polar surface area (TPSA) is 103 Å². The first-order valence-electron chi connectivity index (χ1n) is 6.63. The van der Waals surface area contributed by atoms with Crippen molar-refractivity contribution in [2.45, 2.75) is 44.8 Å². The maximum atomic E-state index is 12.1. The summed E-state index contributed by atoms with van der Waals surface area (Å²) in [6.07, 6.45) is -0.758. The number of amides is 2. The number of nitrogens with zero attached hydrogens (tertiary/aromatic N) is 2. The van der Waals surface area contributed by atoms with Gasteiger partial charge in [-0.3, -0.25) is 5.32 Å². The van der Waals surface area contributed by atoms with E-state index in [2.05, 4.69) is 10.3 Å². The van der Waals surface area contributed by atoms with E-state index in [1.54, 1.807) is 0 Å². The van der Waals surface area contributed by atoms with Crippen molar-refractivity contribution in [1.29, 1.82) is 0 Å².